The van der Waals surface area contributed by atoms with Crippen LogP contribution in [-0.2, 0) is 20.7 Å². The number of ether oxygens (including phenoxy) is 2. The highest BCUT2D eigenvalue weighted by molar-refractivity contribution is 5.71. The van der Waals surface area contributed by atoms with Crippen molar-refractivity contribution in [3.05, 3.63) is 35.9 Å². The Morgan fingerprint density at radius 3 is 2.70 bits per heavy atom. The highest BCUT2D eigenvalue weighted by atomic mass is 16.6. The van der Waals surface area contributed by atoms with E-state index in [1.807, 2.05) is 0 Å². The third kappa shape index (κ3) is 3.60. The third-order valence-electron chi connectivity index (χ3n) is 4.21. The Hall–Kier alpha value is -1.35. The second kappa shape index (κ2) is 6.40. The second-order valence-electron chi connectivity index (χ2n) is 5.90. The zero-order chi connectivity index (χ0) is 13.8. The average Bonchev–Trinajstić information content (AvgIpc) is 2.43. The minimum absolute atomic E-state index is 0.0891. The van der Waals surface area contributed by atoms with Crippen LogP contribution in [-0.4, -0.2) is 24.3 Å². The highest BCUT2D eigenvalue weighted by Gasteiger charge is 2.36. The molecule has 3 heteroatoms. The molecule has 20 heavy (non-hydrogen) atoms. The van der Waals surface area contributed by atoms with E-state index in [-0.39, 0.29) is 24.3 Å². The van der Waals surface area contributed by atoms with Crippen molar-refractivity contribution in [3.63, 3.8) is 0 Å². The Labute approximate surface area is 120 Å². The molecule has 3 rings (SSSR count). The first kappa shape index (κ1) is 13.6. The summed E-state index contributed by atoms with van der Waals surface area (Å²) in [6, 6.07) is 10.6. The van der Waals surface area contributed by atoms with Crippen molar-refractivity contribution in [2.45, 2.75) is 63.3 Å². The summed E-state index contributed by atoms with van der Waals surface area (Å²) in [7, 11) is 0. The molecule has 0 spiro atoms. The van der Waals surface area contributed by atoms with Crippen molar-refractivity contribution in [2.75, 3.05) is 0 Å². The summed E-state index contributed by atoms with van der Waals surface area (Å²) in [5.41, 5.74) is 1.41. The van der Waals surface area contributed by atoms with Crippen LogP contribution >= 0.6 is 0 Å². The topological polar surface area (TPSA) is 35.5 Å². The van der Waals surface area contributed by atoms with Gasteiger partial charge in [-0.2, -0.15) is 0 Å². The number of fused-ring (bicyclic) bond motifs is 2. The zero-order valence-electron chi connectivity index (χ0n) is 11.8. The van der Waals surface area contributed by atoms with Crippen LogP contribution in [0.25, 0.3) is 0 Å². The first-order chi connectivity index (χ1) is 9.79. The van der Waals surface area contributed by atoms with Gasteiger partial charge in [0.1, 0.15) is 6.10 Å². The Kier molecular flexibility index (Phi) is 4.36. The summed E-state index contributed by atoms with van der Waals surface area (Å²) in [4.78, 5) is 11.3. The minimum atomic E-state index is -0.0891. The maximum absolute atomic E-state index is 11.3. The first-order valence-electron chi connectivity index (χ1n) is 7.68. The van der Waals surface area contributed by atoms with E-state index in [2.05, 4.69) is 30.3 Å². The molecular formula is C17H22O3. The number of carbonyl (C=O) groups is 1. The summed E-state index contributed by atoms with van der Waals surface area (Å²) < 4.78 is 11.3. The van der Waals surface area contributed by atoms with Crippen LogP contribution in [0.1, 0.15) is 44.1 Å². The van der Waals surface area contributed by atoms with E-state index in [0.717, 1.165) is 25.7 Å². The van der Waals surface area contributed by atoms with Gasteiger partial charge in [-0.3, -0.25) is 4.79 Å². The number of rotatable bonds is 5. The standard InChI is InChI=1S/C17H22O3/c18-17-12-16-11-15(20-17)10-14(19-16)9-5-4-8-13-6-2-1-3-7-13/h1-3,6-7,14-16H,4-5,8-12H2/t14-,15-,16?/m1/s1. The lowest BCUT2D eigenvalue weighted by molar-refractivity contribution is -0.184. The SMILES string of the molecule is O=C1CC2C[C@@H](C[C@@H](CCCCc3ccccc3)O2)O1. The van der Waals surface area contributed by atoms with Crippen molar-refractivity contribution in [1.29, 1.82) is 0 Å². The third-order valence-corrected chi connectivity index (χ3v) is 4.21. The Morgan fingerprint density at radius 1 is 1.05 bits per heavy atom. The molecular weight excluding hydrogens is 252 g/mol. The molecule has 0 N–H and O–H groups in total. The van der Waals surface area contributed by atoms with Gasteiger partial charge in [0.25, 0.3) is 0 Å². The highest BCUT2D eigenvalue weighted by Crippen LogP contribution is 2.31. The summed E-state index contributed by atoms with van der Waals surface area (Å²) >= 11 is 0. The maximum atomic E-state index is 11.3. The lowest BCUT2D eigenvalue weighted by Crippen LogP contribution is -2.43. The van der Waals surface area contributed by atoms with Gasteiger partial charge in [-0.25, -0.2) is 0 Å². The largest absolute Gasteiger partial charge is 0.462 e. The number of aryl methyl sites for hydroxylation is 1. The van der Waals surface area contributed by atoms with Gasteiger partial charge in [0.05, 0.1) is 18.6 Å². The molecule has 3 atom stereocenters. The van der Waals surface area contributed by atoms with Gasteiger partial charge in [0, 0.05) is 12.8 Å². The van der Waals surface area contributed by atoms with Gasteiger partial charge in [-0.1, -0.05) is 36.8 Å². The van der Waals surface area contributed by atoms with Gasteiger partial charge in [0.15, 0.2) is 0 Å². The molecule has 2 saturated heterocycles. The number of carbonyl (C=O) groups excluding carboxylic acids is 1. The molecule has 108 valence electrons. The van der Waals surface area contributed by atoms with Crippen molar-refractivity contribution in [1.82, 2.24) is 0 Å². The molecule has 2 aliphatic heterocycles. The number of hydrogen-bond acceptors (Lipinski definition) is 3. The zero-order valence-corrected chi connectivity index (χ0v) is 11.8. The van der Waals surface area contributed by atoms with Crippen LogP contribution in [0.5, 0.6) is 0 Å². The lowest BCUT2D eigenvalue weighted by atomic mass is 9.93. The van der Waals surface area contributed by atoms with Gasteiger partial charge < -0.3 is 9.47 Å². The molecule has 0 amide bonds. The average molecular weight is 274 g/mol. The molecule has 1 unspecified atom stereocenters. The molecule has 2 heterocycles. The fourth-order valence-corrected chi connectivity index (χ4v) is 3.25. The van der Waals surface area contributed by atoms with Crippen LogP contribution in [0.2, 0.25) is 0 Å². The van der Waals surface area contributed by atoms with E-state index in [4.69, 9.17) is 9.47 Å². The van der Waals surface area contributed by atoms with Crippen LogP contribution < -0.4 is 0 Å². The second-order valence-corrected chi connectivity index (χ2v) is 5.90. The first-order valence-corrected chi connectivity index (χ1v) is 7.68. The predicted molar refractivity (Wildman–Crippen MR) is 76.4 cm³/mol. The molecule has 2 fully saturated rings. The Balaban J connectivity index is 1.38. The Morgan fingerprint density at radius 2 is 1.90 bits per heavy atom. The number of hydrogen-bond donors (Lipinski definition) is 0. The van der Waals surface area contributed by atoms with Crippen molar-refractivity contribution >= 4 is 5.97 Å². The maximum Gasteiger partial charge on any atom is 0.308 e. The summed E-state index contributed by atoms with van der Waals surface area (Å²) in [6.45, 7) is 0. The molecule has 0 aromatic heterocycles. The van der Waals surface area contributed by atoms with Crippen LogP contribution in [0.3, 0.4) is 0 Å². The molecule has 0 radical (unpaired) electrons. The summed E-state index contributed by atoms with van der Waals surface area (Å²) in [5, 5.41) is 0. The molecule has 2 aliphatic rings. The van der Waals surface area contributed by atoms with Crippen molar-refractivity contribution < 1.29 is 14.3 Å². The summed E-state index contributed by atoms with van der Waals surface area (Å²) in [6.07, 6.45) is 7.29. The van der Waals surface area contributed by atoms with E-state index in [0.29, 0.717) is 6.42 Å². The van der Waals surface area contributed by atoms with E-state index >= 15 is 0 Å². The number of unbranched alkanes of at least 4 members (excludes halogenated alkanes) is 1. The normalized spacial score (nSPS) is 29.0. The van der Waals surface area contributed by atoms with Gasteiger partial charge in [0.2, 0.25) is 0 Å². The minimum Gasteiger partial charge on any atom is -0.462 e. The van der Waals surface area contributed by atoms with E-state index in [1.54, 1.807) is 0 Å². The molecule has 0 saturated carbocycles. The smallest absolute Gasteiger partial charge is 0.308 e. The number of benzene rings is 1. The molecule has 1 aromatic rings. The fourth-order valence-electron chi connectivity index (χ4n) is 3.25. The predicted octanol–water partition coefficient (Wildman–Crippen LogP) is 3.26. The molecule has 2 bridgehead atoms. The van der Waals surface area contributed by atoms with Crippen LogP contribution in [0, 0.1) is 0 Å². The van der Waals surface area contributed by atoms with E-state index in [1.165, 1.54) is 18.4 Å². The monoisotopic (exact) mass is 274 g/mol. The van der Waals surface area contributed by atoms with Crippen LogP contribution in [0.15, 0.2) is 30.3 Å². The van der Waals surface area contributed by atoms with Gasteiger partial charge in [-0.05, 0) is 24.8 Å². The molecule has 1 aromatic carbocycles. The van der Waals surface area contributed by atoms with Crippen LogP contribution in [0.4, 0.5) is 0 Å². The number of esters is 1. The molecule has 3 nitrogen and oxygen atoms in total. The van der Waals surface area contributed by atoms with Gasteiger partial charge in [-0.15, -0.1) is 0 Å². The Bertz CT molecular complexity index is 427. The van der Waals surface area contributed by atoms with E-state index in [9.17, 15) is 4.79 Å². The quantitative estimate of drug-likeness (QED) is 0.610. The summed E-state index contributed by atoms with van der Waals surface area (Å²) in [5.74, 6) is -0.0891. The van der Waals surface area contributed by atoms with Gasteiger partial charge >= 0.3 is 5.97 Å². The van der Waals surface area contributed by atoms with Crippen molar-refractivity contribution in [2.24, 2.45) is 0 Å². The fraction of sp³-hybridized carbons (Fsp3) is 0.588. The van der Waals surface area contributed by atoms with E-state index < -0.39 is 0 Å². The molecule has 0 aliphatic carbocycles. The lowest BCUT2D eigenvalue weighted by Gasteiger charge is -2.38. The van der Waals surface area contributed by atoms with Crippen molar-refractivity contribution in [3.8, 4) is 0 Å².